The Morgan fingerprint density at radius 2 is 1.96 bits per heavy atom. The van der Waals surface area contributed by atoms with Crippen molar-refractivity contribution >= 4 is 60.8 Å². The largest absolute Gasteiger partial charge is 0.492 e. The zero-order valence-corrected chi connectivity index (χ0v) is 18.5. The van der Waals surface area contributed by atoms with E-state index in [1.807, 2.05) is 24.3 Å². The molecule has 0 aliphatic carbocycles. The van der Waals surface area contributed by atoms with Crippen LogP contribution in [-0.2, 0) is 0 Å². The molecule has 0 atom stereocenters. The van der Waals surface area contributed by atoms with E-state index < -0.39 is 0 Å². The number of halogens is 2. The van der Waals surface area contributed by atoms with Crippen LogP contribution in [0.3, 0.4) is 0 Å². The third kappa shape index (κ3) is 6.70. The molecule has 0 spiro atoms. The molecule has 4 nitrogen and oxygen atoms in total. The normalized spacial score (nSPS) is 10.5. The fourth-order valence-corrected chi connectivity index (χ4v) is 3.17. The lowest BCUT2D eigenvalue weighted by Gasteiger charge is -2.12. The average molecular weight is 500 g/mol. The van der Waals surface area contributed by atoms with Gasteiger partial charge in [0.1, 0.15) is 5.75 Å². The van der Waals surface area contributed by atoms with E-state index in [4.69, 9.17) is 17.0 Å². The molecule has 0 unspecified atom stereocenters. The van der Waals surface area contributed by atoms with Gasteiger partial charge in [-0.3, -0.25) is 10.1 Å². The third-order valence-corrected chi connectivity index (χ3v) is 4.77. The van der Waals surface area contributed by atoms with Crippen LogP contribution in [0.25, 0.3) is 0 Å². The van der Waals surface area contributed by atoms with Gasteiger partial charge in [0.05, 0.1) is 11.1 Å². The number of hydrogen-bond donors (Lipinski definition) is 2. The van der Waals surface area contributed by atoms with Crippen LogP contribution in [0.5, 0.6) is 5.75 Å². The van der Waals surface area contributed by atoms with Crippen molar-refractivity contribution in [2.24, 2.45) is 5.92 Å². The number of rotatable bonds is 6. The maximum atomic E-state index is 12.4. The van der Waals surface area contributed by atoms with Crippen LogP contribution in [0.1, 0.15) is 30.6 Å². The van der Waals surface area contributed by atoms with Crippen LogP contribution in [0.4, 0.5) is 5.69 Å². The Balaban J connectivity index is 1.94. The standard InChI is InChI=1S/C19H20Br2N2O2S/c1-12(2)8-9-25-17-7-6-13(10-16(17)21)18(24)23-19(26)22-15-5-3-4-14(20)11-15/h3-7,10-12H,8-9H2,1-2H3,(H2,22,23,24,26). The Morgan fingerprint density at radius 3 is 2.62 bits per heavy atom. The van der Waals surface area contributed by atoms with Gasteiger partial charge in [0.15, 0.2) is 5.11 Å². The number of benzene rings is 2. The van der Waals surface area contributed by atoms with Gasteiger partial charge in [0.2, 0.25) is 0 Å². The van der Waals surface area contributed by atoms with Crippen molar-refractivity contribution in [3.8, 4) is 5.75 Å². The monoisotopic (exact) mass is 498 g/mol. The van der Waals surface area contributed by atoms with E-state index in [-0.39, 0.29) is 11.0 Å². The number of carbonyl (C=O) groups excluding carboxylic acids is 1. The molecule has 1 amide bonds. The zero-order chi connectivity index (χ0) is 19.1. The van der Waals surface area contributed by atoms with E-state index in [1.54, 1.807) is 18.2 Å². The fourth-order valence-electron chi connectivity index (χ4n) is 2.07. The summed E-state index contributed by atoms with van der Waals surface area (Å²) in [5.41, 5.74) is 1.28. The number of ether oxygens (including phenoxy) is 1. The minimum absolute atomic E-state index is 0.237. The molecule has 0 saturated carbocycles. The molecule has 138 valence electrons. The second kappa shape index (κ2) is 10.0. The summed E-state index contributed by atoms with van der Waals surface area (Å²) in [5, 5.41) is 5.89. The second-order valence-corrected chi connectivity index (χ2v) is 8.27. The molecule has 2 rings (SSSR count). The predicted octanol–water partition coefficient (Wildman–Crippen LogP) is 5.76. The van der Waals surface area contributed by atoms with Crippen molar-refractivity contribution in [3.05, 3.63) is 57.0 Å². The number of anilines is 1. The van der Waals surface area contributed by atoms with E-state index in [1.165, 1.54) is 0 Å². The quantitative estimate of drug-likeness (QED) is 0.496. The third-order valence-electron chi connectivity index (χ3n) is 3.46. The molecule has 2 N–H and O–H groups in total. The Kier molecular flexibility index (Phi) is 8.06. The van der Waals surface area contributed by atoms with Crippen molar-refractivity contribution in [1.82, 2.24) is 5.32 Å². The van der Waals surface area contributed by atoms with Crippen LogP contribution in [-0.4, -0.2) is 17.6 Å². The Bertz CT molecular complexity index is 797. The summed E-state index contributed by atoms with van der Waals surface area (Å²) >= 11 is 12.0. The number of amides is 1. The van der Waals surface area contributed by atoms with Gasteiger partial charge in [0.25, 0.3) is 5.91 Å². The van der Waals surface area contributed by atoms with Crippen LogP contribution in [0, 0.1) is 5.92 Å². The first-order chi connectivity index (χ1) is 12.3. The summed E-state index contributed by atoms with van der Waals surface area (Å²) in [6.07, 6.45) is 0.976. The highest BCUT2D eigenvalue weighted by molar-refractivity contribution is 9.10. The molecule has 0 fully saturated rings. The predicted molar refractivity (Wildman–Crippen MR) is 117 cm³/mol. The minimum Gasteiger partial charge on any atom is -0.492 e. The molecule has 0 radical (unpaired) electrons. The van der Waals surface area contributed by atoms with Gasteiger partial charge >= 0.3 is 0 Å². The summed E-state index contributed by atoms with van der Waals surface area (Å²) < 4.78 is 7.39. The summed E-state index contributed by atoms with van der Waals surface area (Å²) in [6.45, 7) is 4.94. The molecule has 0 heterocycles. The fraction of sp³-hybridized carbons (Fsp3) is 0.263. The summed E-state index contributed by atoms with van der Waals surface area (Å²) in [4.78, 5) is 12.4. The molecule has 0 saturated heterocycles. The Labute approximate surface area is 176 Å². The van der Waals surface area contributed by atoms with Gasteiger partial charge in [-0.15, -0.1) is 0 Å². The SMILES string of the molecule is CC(C)CCOc1ccc(C(=O)NC(=S)Nc2cccc(Br)c2)cc1Br. The highest BCUT2D eigenvalue weighted by atomic mass is 79.9. The molecule has 0 aliphatic rings. The Morgan fingerprint density at radius 1 is 1.19 bits per heavy atom. The van der Waals surface area contributed by atoms with Gasteiger partial charge in [-0.1, -0.05) is 35.8 Å². The Hall–Kier alpha value is -1.44. The van der Waals surface area contributed by atoms with E-state index in [0.717, 1.165) is 26.8 Å². The van der Waals surface area contributed by atoms with Crippen molar-refractivity contribution in [1.29, 1.82) is 0 Å². The molecular formula is C19H20Br2N2O2S. The van der Waals surface area contributed by atoms with Gasteiger partial charge in [-0.2, -0.15) is 0 Å². The topological polar surface area (TPSA) is 50.4 Å². The molecule has 7 heteroatoms. The number of thiocarbonyl (C=S) groups is 1. The molecule has 2 aromatic rings. The average Bonchev–Trinajstić information content (AvgIpc) is 2.55. The summed E-state index contributed by atoms with van der Waals surface area (Å²) in [7, 11) is 0. The number of carbonyl (C=O) groups is 1. The second-order valence-electron chi connectivity index (χ2n) is 6.09. The first-order valence-corrected chi connectivity index (χ1v) is 10.1. The molecule has 0 aliphatic heterocycles. The first kappa shape index (κ1) is 20.9. The van der Waals surface area contributed by atoms with Gasteiger partial charge < -0.3 is 10.1 Å². The van der Waals surface area contributed by atoms with Crippen molar-refractivity contribution in [3.63, 3.8) is 0 Å². The van der Waals surface area contributed by atoms with Gasteiger partial charge in [0, 0.05) is 15.7 Å². The highest BCUT2D eigenvalue weighted by Gasteiger charge is 2.11. The number of hydrogen-bond acceptors (Lipinski definition) is 3. The van der Waals surface area contributed by atoms with Crippen molar-refractivity contribution in [2.75, 3.05) is 11.9 Å². The van der Waals surface area contributed by atoms with Crippen molar-refractivity contribution < 1.29 is 9.53 Å². The van der Waals surface area contributed by atoms with E-state index in [0.29, 0.717) is 18.1 Å². The lowest BCUT2D eigenvalue weighted by atomic mass is 10.1. The maximum absolute atomic E-state index is 12.4. The van der Waals surface area contributed by atoms with Crippen LogP contribution >= 0.6 is 44.1 Å². The molecule has 0 bridgehead atoms. The first-order valence-electron chi connectivity index (χ1n) is 8.15. The minimum atomic E-state index is -0.285. The van der Waals surface area contributed by atoms with Crippen LogP contribution in [0.2, 0.25) is 0 Å². The van der Waals surface area contributed by atoms with Crippen molar-refractivity contribution in [2.45, 2.75) is 20.3 Å². The summed E-state index contributed by atoms with van der Waals surface area (Å²) in [6, 6.07) is 12.8. The van der Waals surface area contributed by atoms with Crippen LogP contribution < -0.4 is 15.4 Å². The molecule has 26 heavy (non-hydrogen) atoms. The zero-order valence-electron chi connectivity index (χ0n) is 14.5. The van der Waals surface area contributed by atoms with Gasteiger partial charge in [-0.05, 0) is 76.9 Å². The lowest BCUT2D eigenvalue weighted by molar-refractivity contribution is 0.0977. The van der Waals surface area contributed by atoms with Crippen LogP contribution in [0.15, 0.2) is 51.4 Å². The maximum Gasteiger partial charge on any atom is 0.257 e. The lowest BCUT2D eigenvalue weighted by Crippen LogP contribution is -2.34. The smallest absolute Gasteiger partial charge is 0.257 e. The summed E-state index contributed by atoms with van der Waals surface area (Å²) in [5.74, 6) is 1.02. The van der Waals surface area contributed by atoms with E-state index in [9.17, 15) is 4.79 Å². The molecular weight excluding hydrogens is 480 g/mol. The number of nitrogens with one attached hydrogen (secondary N) is 2. The van der Waals surface area contributed by atoms with E-state index in [2.05, 4.69) is 56.3 Å². The molecule has 2 aromatic carbocycles. The van der Waals surface area contributed by atoms with E-state index >= 15 is 0 Å². The van der Waals surface area contributed by atoms with Gasteiger partial charge in [-0.25, -0.2) is 0 Å². The highest BCUT2D eigenvalue weighted by Crippen LogP contribution is 2.26. The molecule has 0 aromatic heterocycles.